The van der Waals surface area contributed by atoms with Crippen molar-refractivity contribution in [2.45, 2.75) is 37.3 Å². The largest absolute Gasteiger partial charge is 0.401 e. The molecule has 1 aromatic carbocycles. The molecular weight excluding hydrogens is 546 g/mol. The van der Waals surface area contributed by atoms with E-state index in [0.29, 0.717) is 28.3 Å². The molecule has 0 aliphatic heterocycles. The molecule has 0 atom stereocenters. The highest BCUT2D eigenvalue weighted by atomic mass is 19.4. The molecule has 0 spiro atoms. The molecule has 0 saturated heterocycles. The van der Waals surface area contributed by atoms with E-state index in [1.165, 1.54) is 24.5 Å². The van der Waals surface area contributed by atoms with Crippen LogP contribution < -0.4 is 10.6 Å². The smallest absolute Gasteiger partial charge is 0.358 e. The lowest BCUT2D eigenvalue weighted by Crippen LogP contribution is -2.28. The summed E-state index contributed by atoms with van der Waals surface area (Å²) in [5.41, 5.74) is -0.284. The fourth-order valence-electron chi connectivity index (χ4n) is 4.29. The first-order chi connectivity index (χ1) is 19.5. The van der Waals surface area contributed by atoms with Gasteiger partial charge >= 0.3 is 6.18 Å². The van der Waals surface area contributed by atoms with Gasteiger partial charge in [0.25, 0.3) is 0 Å². The number of anilines is 2. The Morgan fingerprint density at radius 3 is 2.49 bits per heavy atom. The van der Waals surface area contributed by atoms with E-state index in [2.05, 4.69) is 37.4 Å². The van der Waals surface area contributed by atoms with Gasteiger partial charge in [0.15, 0.2) is 17.4 Å². The van der Waals surface area contributed by atoms with Crippen molar-refractivity contribution in [1.82, 2.24) is 24.9 Å². The summed E-state index contributed by atoms with van der Waals surface area (Å²) in [6, 6.07) is 5.31. The third-order valence-corrected chi connectivity index (χ3v) is 6.66. The van der Waals surface area contributed by atoms with E-state index in [1.54, 1.807) is 24.0 Å². The van der Waals surface area contributed by atoms with Gasteiger partial charge in [-0.3, -0.25) is 14.3 Å². The second-order valence-electron chi connectivity index (χ2n) is 9.62. The Kier molecular flexibility index (Phi) is 7.15. The molecule has 10 nitrogen and oxygen atoms in total. The van der Waals surface area contributed by atoms with Crippen LogP contribution in [0.25, 0.3) is 11.1 Å². The van der Waals surface area contributed by atoms with Crippen LogP contribution in [0.4, 0.5) is 29.2 Å². The number of hydrogen-bond acceptors (Lipinski definition) is 7. The molecule has 0 bridgehead atoms. The number of nitrogens with zero attached hydrogens (tertiary/aromatic N) is 5. The van der Waals surface area contributed by atoms with Gasteiger partial charge in [-0.15, -0.1) is 0 Å². The van der Waals surface area contributed by atoms with E-state index in [0.717, 1.165) is 12.1 Å². The SMILES string of the molecule is C=CC(=O)Nc1nn(C)cc1Cc1ncc(-c2ccc(CC(=O)Nc3cc(C4(C(F)(F)F)CC4)on3)c(F)c2)cn1. The molecule has 1 aliphatic carbocycles. The minimum atomic E-state index is -4.47. The summed E-state index contributed by atoms with van der Waals surface area (Å²) in [5, 5.41) is 12.7. The number of aromatic nitrogens is 5. The van der Waals surface area contributed by atoms with Gasteiger partial charge in [0, 0.05) is 49.3 Å². The number of nitrogens with one attached hydrogen (secondary N) is 2. The predicted octanol–water partition coefficient (Wildman–Crippen LogP) is 4.49. The maximum atomic E-state index is 14.9. The van der Waals surface area contributed by atoms with E-state index in [-0.39, 0.29) is 42.8 Å². The molecule has 5 rings (SSSR count). The van der Waals surface area contributed by atoms with Crippen LogP contribution in [0.1, 0.15) is 35.6 Å². The molecule has 41 heavy (non-hydrogen) atoms. The maximum Gasteiger partial charge on any atom is 0.401 e. The second-order valence-corrected chi connectivity index (χ2v) is 9.62. The van der Waals surface area contributed by atoms with Crippen molar-refractivity contribution in [2.24, 2.45) is 7.05 Å². The average Bonchev–Trinajstić information content (AvgIpc) is 3.51. The average molecular weight is 570 g/mol. The number of amides is 2. The van der Waals surface area contributed by atoms with Gasteiger partial charge in [-0.05, 0) is 36.1 Å². The van der Waals surface area contributed by atoms with Crippen LogP contribution in [-0.4, -0.2) is 42.9 Å². The first-order valence-electron chi connectivity index (χ1n) is 12.4. The van der Waals surface area contributed by atoms with Crippen LogP contribution in [0.3, 0.4) is 0 Å². The molecule has 3 heterocycles. The third-order valence-electron chi connectivity index (χ3n) is 6.66. The fourth-order valence-corrected chi connectivity index (χ4v) is 4.29. The van der Waals surface area contributed by atoms with Crippen molar-refractivity contribution in [3.63, 3.8) is 0 Å². The van der Waals surface area contributed by atoms with Crippen LogP contribution in [-0.2, 0) is 34.9 Å². The predicted molar refractivity (Wildman–Crippen MR) is 138 cm³/mol. The van der Waals surface area contributed by atoms with Crippen molar-refractivity contribution in [1.29, 1.82) is 0 Å². The van der Waals surface area contributed by atoms with Crippen LogP contribution in [0, 0.1) is 5.82 Å². The monoisotopic (exact) mass is 569 g/mol. The number of benzene rings is 1. The molecule has 3 aromatic heterocycles. The van der Waals surface area contributed by atoms with E-state index in [4.69, 9.17) is 4.52 Å². The van der Waals surface area contributed by atoms with Crippen molar-refractivity contribution in [3.8, 4) is 11.1 Å². The second kappa shape index (κ2) is 10.6. The molecule has 212 valence electrons. The highest BCUT2D eigenvalue weighted by molar-refractivity contribution is 5.98. The number of carbonyl (C=O) groups excluding carboxylic acids is 2. The topological polar surface area (TPSA) is 128 Å². The summed E-state index contributed by atoms with van der Waals surface area (Å²) in [5.74, 6) is -1.44. The zero-order valence-electron chi connectivity index (χ0n) is 21.6. The molecule has 14 heteroatoms. The number of aryl methyl sites for hydroxylation is 1. The highest BCUT2D eigenvalue weighted by Crippen LogP contribution is 2.59. The molecular formula is C27H23F4N7O3. The van der Waals surface area contributed by atoms with Gasteiger partial charge in [-0.1, -0.05) is 23.9 Å². The molecule has 2 amide bonds. The summed E-state index contributed by atoms with van der Waals surface area (Å²) >= 11 is 0. The van der Waals surface area contributed by atoms with Gasteiger partial charge in [-0.2, -0.15) is 18.3 Å². The van der Waals surface area contributed by atoms with Crippen molar-refractivity contribution >= 4 is 23.5 Å². The van der Waals surface area contributed by atoms with Gasteiger partial charge in [-0.25, -0.2) is 14.4 Å². The minimum absolute atomic E-state index is 0.0761. The Hall–Kier alpha value is -4.88. The van der Waals surface area contributed by atoms with Crippen LogP contribution in [0.5, 0.6) is 0 Å². The summed E-state index contributed by atoms with van der Waals surface area (Å²) in [4.78, 5) is 32.7. The number of rotatable bonds is 9. The lowest BCUT2D eigenvalue weighted by molar-refractivity contribution is -0.165. The first-order valence-corrected chi connectivity index (χ1v) is 12.4. The molecule has 2 N–H and O–H groups in total. The normalized spacial score (nSPS) is 14.0. The molecule has 1 saturated carbocycles. The van der Waals surface area contributed by atoms with Gasteiger partial charge in [0.2, 0.25) is 11.8 Å². The number of halogens is 4. The Balaban J connectivity index is 1.21. The van der Waals surface area contributed by atoms with E-state index < -0.39 is 29.2 Å². The fraction of sp³-hybridized carbons (Fsp3) is 0.259. The molecule has 4 aromatic rings. The molecule has 0 radical (unpaired) electrons. The Labute approximate surface area is 230 Å². The molecule has 0 unspecified atom stereocenters. The summed E-state index contributed by atoms with van der Waals surface area (Å²) in [7, 11) is 1.71. The summed E-state index contributed by atoms with van der Waals surface area (Å²) in [6.07, 6.45) is 1.15. The van der Waals surface area contributed by atoms with E-state index >= 15 is 0 Å². The quantitative estimate of drug-likeness (QED) is 0.225. The zero-order chi connectivity index (χ0) is 29.4. The van der Waals surface area contributed by atoms with E-state index in [1.807, 2.05) is 0 Å². The van der Waals surface area contributed by atoms with Crippen LogP contribution in [0.2, 0.25) is 0 Å². The first kappa shape index (κ1) is 27.7. The maximum absolute atomic E-state index is 14.9. The zero-order valence-corrected chi connectivity index (χ0v) is 21.6. The Morgan fingerprint density at radius 2 is 1.85 bits per heavy atom. The molecule has 1 aliphatic rings. The van der Waals surface area contributed by atoms with Gasteiger partial charge < -0.3 is 15.2 Å². The minimum Gasteiger partial charge on any atom is -0.358 e. The van der Waals surface area contributed by atoms with Crippen molar-refractivity contribution in [2.75, 3.05) is 10.6 Å². The Bertz CT molecular complexity index is 1620. The number of hydrogen-bond donors (Lipinski definition) is 2. The van der Waals surface area contributed by atoms with Crippen molar-refractivity contribution < 1.29 is 31.7 Å². The van der Waals surface area contributed by atoms with Crippen LogP contribution in [0.15, 0.2) is 60.0 Å². The lowest BCUT2D eigenvalue weighted by atomic mass is 10.0. The summed E-state index contributed by atoms with van der Waals surface area (Å²) in [6.45, 7) is 3.42. The third kappa shape index (κ3) is 5.85. The van der Waals surface area contributed by atoms with Gasteiger partial charge in [0.1, 0.15) is 17.1 Å². The van der Waals surface area contributed by atoms with E-state index in [9.17, 15) is 27.2 Å². The lowest BCUT2D eigenvalue weighted by Gasteiger charge is -2.14. The Morgan fingerprint density at radius 1 is 1.12 bits per heavy atom. The van der Waals surface area contributed by atoms with Gasteiger partial charge in [0.05, 0.1) is 6.42 Å². The van der Waals surface area contributed by atoms with Crippen LogP contribution >= 0.6 is 0 Å². The molecule has 1 fully saturated rings. The van der Waals surface area contributed by atoms with Crippen molar-refractivity contribution in [3.05, 3.63) is 84.0 Å². The summed E-state index contributed by atoms with van der Waals surface area (Å²) < 4.78 is 61.0. The number of carbonyl (C=O) groups is 2. The number of alkyl halides is 3. The highest BCUT2D eigenvalue weighted by Gasteiger charge is 2.66. The standard InChI is InChI=1S/C27H23F4N7O3/c1-3-23(39)35-25-17(14-38(2)36-25)9-21-32-12-18(13-33-21)15-4-5-16(19(28)8-15)10-24(40)34-22-11-20(41-37-22)26(6-7-26)27(29,30)31/h3-5,8,11-14H,1,6-7,9-10H2,2H3,(H,34,37,40)(H,35,36,39).